The molecule has 0 spiro atoms. The van der Waals surface area contributed by atoms with Gasteiger partial charge in [-0.15, -0.1) is 0 Å². The number of carbonyl (C=O) groups is 1. The summed E-state index contributed by atoms with van der Waals surface area (Å²) >= 11 is 0. The molecule has 2 heterocycles. The number of aryl methyl sites for hydroxylation is 1. The third-order valence-corrected chi connectivity index (χ3v) is 4.91. The maximum atomic E-state index is 13.2. The highest BCUT2D eigenvalue weighted by Gasteiger charge is 2.31. The van der Waals surface area contributed by atoms with E-state index in [9.17, 15) is 26.7 Å². The van der Waals surface area contributed by atoms with Gasteiger partial charge in [0.05, 0.1) is 29.9 Å². The lowest BCUT2D eigenvalue weighted by Gasteiger charge is -2.24. The molecule has 1 unspecified atom stereocenters. The van der Waals surface area contributed by atoms with Gasteiger partial charge in [0.1, 0.15) is 5.82 Å². The van der Waals surface area contributed by atoms with Crippen LogP contribution in [0.5, 0.6) is 0 Å². The van der Waals surface area contributed by atoms with Crippen LogP contribution < -0.4 is 5.73 Å². The van der Waals surface area contributed by atoms with Gasteiger partial charge in [-0.2, -0.15) is 22.0 Å². The lowest BCUT2D eigenvalue weighted by atomic mass is 10.1. The fraction of sp³-hybridized carbons (Fsp3) is 0.286. The number of alkyl halides is 5. The van der Waals surface area contributed by atoms with Crippen molar-refractivity contribution in [3.05, 3.63) is 65.0 Å². The number of amides is 1. The van der Waals surface area contributed by atoms with Gasteiger partial charge in [-0.3, -0.25) is 9.78 Å². The van der Waals surface area contributed by atoms with Gasteiger partial charge in [-0.05, 0) is 58.1 Å². The van der Waals surface area contributed by atoms with Crippen molar-refractivity contribution in [1.29, 1.82) is 0 Å². The maximum Gasteiger partial charge on any atom is 0.417 e. The molecule has 176 valence electrons. The predicted octanol–water partition coefficient (Wildman–Crippen LogP) is 4.62. The number of halogens is 5. The first-order chi connectivity index (χ1) is 15.3. The highest BCUT2D eigenvalue weighted by Crippen LogP contribution is 2.29. The van der Waals surface area contributed by atoms with Crippen LogP contribution in [0.1, 0.15) is 27.2 Å². The molecule has 12 heteroatoms. The Hall–Kier alpha value is -2.91. The minimum Gasteiger partial charge on any atom is -0.383 e. The second kappa shape index (κ2) is 9.52. The predicted molar refractivity (Wildman–Crippen MR) is 115 cm³/mol. The molecule has 0 aliphatic carbocycles. The molecule has 0 saturated heterocycles. The minimum absolute atomic E-state index is 0.153. The molecule has 6 nitrogen and oxygen atoms in total. The second-order valence-corrected chi connectivity index (χ2v) is 7.94. The van der Waals surface area contributed by atoms with Gasteiger partial charge in [-0.1, -0.05) is 0 Å². The molecule has 0 aliphatic rings. The largest absolute Gasteiger partial charge is 0.417 e. The number of nitrogen functional groups attached to an aromatic ring is 1. The third-order valence-electron chi connectivity index (χ3n) is 4.74. The molecule has 2 aromatic heterocycles. The van der Waals surface area contributed by atoms with E-state index in [1.54, 1.807) is 25.1 Å². The highest BCUT2D eigenvalue weighted by atomic mass is 31.0. The van der Waals surface area contributed by atoms with Crippen LogP contribution in [0, 0.1) is 6.92 Å². The van der Waals surface area contributed by atoms with E-state index in [1.807, 2.05) is 0 Å². The van der Waals surface area contributed by atoms with E-state index in [-0.39, 0.29) is 24.3 Å². The Bertz CT molecular complexity index is 1150. The van der Waals surface area contributed by atoms with Crippen molar-refractivity contribution in [3.8, 4) is 0 Å². The number of benzene rings is 1. The number of anilines is 1. The molecule has 1 atom stereocenters. The molecule has 2 N–H and O–H groups in total. The van der Waals surface area contributed by atoms with Crippen LogP contribution in [0.25, 0.3) is 10.9 Å². The van der Waals surface area contributed by atoms with Crippen molar-refractivity contribution in [2.45, 2.75) is 25.5 Å². The molecule has 0 aliphatic heterocycles. The van der Waals surface area contributed by atoms with Gasteiger partial charge < -0.3 is 15.4 Å². The molecule has 0 saturated carbocycles. The third kappa shape index (κ3) is 6.55. The zero-order valence-electron chi connectivity index (χ0n) is 17.4. The first kappa shape index (κ1) is 24.7. The second-order valence-electron chi connectivity index (χ2n) is 7.27. The number of nitrogens with zero attached hydrogens (tertiary/aromatic N) is 3. The van der Waals surface area contributed by atoms with Gasteiger partial charge in [0.2, 0.25) is 0 Å². The van der Waals surface area contributed by atoms with Gasteiger partial charge in [-0.25, -0.2) is 4.98 Å². The van der Waals surface area contributed by atoms with Crippen molar-refractivity contribution >= 4 is 31.9 Å². The van der Waals surface area contributed by atoms with Crippen molar-refractivity contribution in [3.63, 3.8) is 0 Å². The van der Waals surface area contributed by atoms with Crippen molar-refractivity contribution in [2.24, 2.45) is 0 Å². The number of hydrogen-bond donors (Lipinski definition) is 1. The summed E-state index contributed by atoms with van der Waals surface area (Å²) in [6.45, 7) is 0.801. The van der Waals surface area contributed by atoms with Gasteiger partial charge in [0, 0.05) is 23.7 Å². The normalized spacial score (nSPS) is 12.2. The molecule has 3 aromatic rings. The summed E-state index contributed by atoms with van der Waals surface area (Å²) < 4.78 is 68.8. The quantitative estimate of drug-likeness (QED) is 0.389. The molecule has 0 bridgehead atoms. The molecule has 0 fully saturated rings. The number of fused-ring (bicyclic) bond motifs is 1. The van der Waals surface area contributed by atoms with E-state index in [0.29, 0.717) is 28.5 Å². The van der Waals surface area contributed by atoms with E-state index < -0.39 is 30.1 Å². The summed E-state index contributed by atoms with van der Waals surface area (Å²) in [6, 6.07) is 8.41. The number of hydrogen-bond acceptors (Lipinski definition) is 5. The monoisotopic (exact) mass is 486 g/mol. The fourth-order valence-corrected chi connectivity index (χ4v) is 3.16. The lowest BCUT2D eigenvalue weighted by molar-refractivity contribution is -0.165. The van der Waals surface area contributed by atoms with Crippen LogP contribution in [0.3, 0.4) is 0 Å². The maximum absolute atomic E-state index is 13.2. The minimum atomic E-state index is -4.56. The van der Waals surface area contributed by atoms with E-state index in [1.165, 1.54) is 20.2 Å². The Labute approximate surface area is 188 Å². The topological polar surface area (TPSA) is 81.3 Å². The van der Waals surface area contributed by atoms with Crippen LogP contribution in [0.2, 0.25) is 0 Å². The SMILES string of the molecule is Cc1cc2cc(C(=O)N(CCOC(F)(F)P)Cc3ccc(C(F)(F)F)cn3)ccc2nc1N. The summed E-state index contributed by atoms with van der Waals surface area (Å²) in [5.41, 5.74) is 6.54. The average Bonchev–Trinajstić information content (AvgIpc) is 2.72. The molecule has 33 heavy (non-hydrogen) atoms. The summed E-state index contributed by atoms with van der Waals surface area (Å²) in [6.07, 6.45) is -3.90. The summed E-state index contributed by atoms with van der Waals surface area (Å²) in [4.78, 5) is 22.3. The van der Waals surface area contributed by atoms with Crippen molar-refractivity contribution < 1.29 is 31.5 Å². The Balaban J connectivity index is 1.87. The van der Waals surface area contributed by atoms with Crippen LogP contribution in [-0.2, 0) is 17.5 Å². The van der Waals surface area contributed by atoms with Gasteiger partial charge in [0.25, 0.3) is 5.91 Å². The van der Waals surface area contributed by atoms with Crippen molar-refractivity contribution in [1.82, 2.24) is 14.9 Å². The average molecular weight is 486 g/mol. The Morgan fingerprint density at radius 1 is 1.15 bits per heavy atom. The number of ether oxygens (including phenoxy) is 1. The number of nitrogens with two attached hydrogens (primary N) is 1. The molecule has 3 rings (SSSR count). The van der Waals surface area contributed by atoms with Gasteiger partial charge >= 0.3 is 12.0 Å². The van der Waals surface area contributed by atoms with E-state index in [0.717, 1.165) is 12.1 Å². The number of carbonyl (C=O) groups excluding carboxylic acids is 1. The van der Waals surface area contributed by atoms with E-state index in [2.05, 4.69) is 14.7 Å². The molecule has 1 aromatic carbocycles. The summed E-state index contributed by atoms with van der Waals surface area (Å²) in [5.74, 6) is -3.66. The van der Waals surface area contributed by atoms with Crippen LogP contribution in [-0.4, -0.2) is 39.8 Å². The van der Waals surface area contributed by atoms with Crippen LogP contribution >= 0.6 is 9.24 Å². The number of pyridine rings is 2. The standard InChI is InChI=1S/C21H20F5N4O2P/c1-12-8-14-9-13(2-5-17(14)29-18(12)27)19(31)30(6-7-32-21(25,26)33)11-16-4-3-15(10-28-16)20(22,23)24/h2-5,8-10H,6-7,11,33H2,1H3,(H2,27,29). The fourth-order valence-electron chi connectivity index (χ4n) is 3.04. The molecule has 0 radical (unpaired) electrons. The Morgan fingerprint density at radius 3 is 2.48 bits per heavy atom. The molecular formula is C21H20F5N4O2P. The Kier molecular flexibility index (Phi) is 7.14. The number of rotatable bonds is 7. The zero-order chi connectivity index (χ0) is 24.4. The van der Waals surface area contributed by atoms with Gasteiger partial charge in [0.15, 0.2) is 0 Å². The van der Waals surface area contributed by atoms with Crippen LogP contribution in [0.4, 0.5) is 27.8 Å². The smallest absolute Gasteiger partial charge is 0.383 e. The highest BCUT2D eigenvalue weighted by molar-refractivity contribution is 7.17. The summed E-state index contributed by atoms with van der Waals surface area (Å²) in [5, 5.41) is 0.646. The first-order valence-corrected chi connectivity index (χ1v) is 10.2. The summed E-state index contributed by atoms with van der Waals surface area (Å²) in [7, 11) is 1.23. The van der Waals surface area contributed by atoms with E-state index in [4.69, 9.17) is 5.73 Å². The van der Waals surface area contributed by atoms with Crippen molar-refractivity contribution in [2.75, 3.05) is 18.9 Å². The number of aromatic nitrogens is 2. The lowest BCUT2D eigenvalue weighted by Crippen LogP contribution is -2.35. The molecular weight excluding hydrogens is 466 g/mol. The van der Waals surface area contributed by atoms with Crippen LogP contribution in [0.15, 0.2) is 42.6 Å². The molecule has 1 amide bonds. The Morgan fingerprint density at radius 2 is 1.88 bits per heavy atom. The zero-order valence-corrected chi connectivity index (χ0v) is 18.5. The first-order valence-electron chi connectivity index (χ1n) is 9.62. The van der Waals surface area contributed by atoms with E-state index >= 15 is 0 Å².